The molecule has 6 N–H and O–H groups in total. The lowest BCUT2D eigenvalue weighted by molar-refractivity contribution is -0.277. The molecule has 4 aliphatic rings. The molecular weight excluding hydrogens is 797 g/mol. The maximum atomic E-state index is 13.5. The molecule has 19 nitrogen and oxygen atoms in total. The molecule has 0 aromatic heterocycles. The monoisotopic (exact) mass is 850 g/mol. The van der Waals surface area contributed by atoms with Gasteiger partial charge in [0.2, 0.25) is 6.29 Å². The topological polar surface area (TPSA) is 278 Å². The van der Waals surface area contributed by atoms with Crippen LogP contribution in [-0.2, 0) is 35.8 Å². The van der Waals surface area contributed by atoms with Gasteiger partial charge in [-0.3, -0.25) is 4.79 Å². The number of aliphatic hydroxyl groups is 5. The first-order valence-corrected chi connectivity index (χ1v) is 21.3. The van der Waals surface area contributed by atoms with E-state index in [0.29, 0.717) is 37.6 Å². The second-order valence-electron chi connectivity index (χ2n) is 15.5. The smallest absolute Gasteiger partial charge is 0.458 e. The maximum Gasteiger partial charge on any atom is 0.501 e. The number of aliphatic hydroxyl groups excluding tert-OH is 5. The van der Waals surface area contributed by atoms with Crippen LogP contribution in [0.1, 0.15) is 66.4 Å². The van der Waals surface area contributed by atoms with Gasteiger partial charge in [-0.05, 0) is 109 Å². The highest BCUT2D eigenvalue weighted by atomic mass is 32.3. The zero-order chi connectivity index (χ0) is 42.2. The number of fused-ring (bicyclic) bond motifs is 5. The first kappa shape index (κ1) is 44.8. The largest absolute Gasteiger partial charge is 0.501 e. The highest BCUT2D eigenvalue weighted by Crippen LogP contribution is 2.61. The fraction of sp³-hybridized carbons (Fsp3) is 0.667. The molecular formula is C39H54N4O15S. The number of azide groups is 1. The fourth-order valence-electron chi connectivity index (χ4n) is 8.96. The number of benzene rings is 2. The third-order valence-corrected chi connectivity index (χ3v) is 12.8. The lowest BCUT2D eigenvalue weighted by Crippen LogP contribution is -2.60. The standard InChI is InChI=1S/C39H54N4O15S/c1-39-11-10-27-26-6-4-25(20-23(26)2-5-28(27)29(39)7-9-33(39)45)57-59(50,51)58-31-21-24(3-8-30(31)55-38-36(48)35(47)34(46)32(22-44)56-38)37(49)41-12-14-52-16-18-54-19-17-53-15-13-42-43-40/h3-4,6,8,20-21,27-29,32-36,38,44-48H,2,5,7,9-19,22H2,1H3,(H,41,49)/t27-,28-,29+,32-,33+,34+,35+,36-,38-,39+/m1/s1. The Morgan fingerprint density at radius 3 is 2.41 bits per heavy atom. The molecule has 20 heteroatoms. The Bertz CT molecular complexity index is 1900. The molecule has 326 valence electrons. The van der Waals surface area contributed by atoms with Crippen molar-refractivity contribution in [2.45, 2.75) is 88.2 Å². The predicted octanol–water partition coefficient (Wildman–Crippen LogP) is 1.87. The molecule has 1 saturated heterocycles. The van der Waals surface area contributed by atoms with Crippen LogP contribution < -0.4 is 18.4 Å². The Morgan fingerprint density at radius 1 is 0.915 bits per heavy atom. The summed E-state index contributed by atoms with van der Waals surface area (Å²) in [5, 5.41) is 57.5. The van der Waals surface area contributed by atoms with Crippen LogP contribution in [0.4, 0.5) is 0 Å². The van der Waals surface area contributed by atoms with Gasteiger partial charge in [-0.2, -0.15) is 0 Å². The summed E-state index contributed by atoms with van der Waals surface area (Å²) in [6.07, 6.45) is -3.23. The van der Waals surface area contributed by atoms with Crippen molar-refractivity contribution in [3.8, 4) is 17.2 Å². The fourth-order valence-corrected chi connectivity index (χ4v) is 9.68. The van der Waals surface area contributed by atoms with Gasteiger partial charge in [0.25, 0.3) is 5.91 Å². The van der Waals surface area contributed by atoms with Crippen molar-refractivity contribution in [2.75, 3.05) is 59.3 Å². The second-order valence-corrected chi connectivity index (χ2v) is 16.7. The van der Waals surface area contributed by atoms with Gasteiger partial charge in [0.1, 0.15) is 30.2 Å². The normalized spacial score (nSPS) is 30.0. The third kappa shape index (κ3) is 10.8. The summed E-state index contributed by atoms with van der Waals surface area (Å²) in [5.41, 5.74) is 10.3. The summed E-state index contributed by atoms with van der Waals surface area (Å²) in [4.78, 5) is 15.8. The average Bonchev–Trinajstić information content (AvgIpc) is 3.53. The van der Waals surface area contributed by atoms with E-state index in [1.807, 2.05) is 6.07 Å². The Labute approximate surface area is 342 Å². The zero-order valence-corrected chi connectivity index (χ0v) is 33.7. The number of hydrogen-bond donors (Lipinski definition) is 6. The van der Waals surface area contributed by atoms with E-state index in [1.165, 1.54) is 12.1 Å². The number of amides is 1. The molecule has 1 aliphatic heterocycles. The van der Waals surface area contributed by atoms with Gasteiger partial charge in [0.15, 0.2) is 11.5 Å². The number of nitrogens with zero attached hydrogens (tertiary/aromatic N) is 3. The van der Waals surface area contributed by atoms with Crippen LogP contribution in [0, 0.1) is 17.3 Å². The number of carbonyl (C=O) groups excluding carboxylic acids is 1. The quantitative estimate of drug-likeness (QED) is 0.0480. The van der Waals surface area contributed by atoms with Crippen LogP contribution in [0.15, 0.2) is 41.5 Å². The average molecular weight is 851 g/mol. The van der Waals surface area contributed by atoms with Gasteiger partial charge < -0.3 is 62.9 Å². The molecule has 2 aromatic carbocycles. The maximum absolute atomic E-state index is 13.5. The summed E-state index contributed by atoms with van der Waals surface area (Å²) >= 11 is 0. The van der Waals surface area contributed by atoms with Crippen LogP contribution in [0.2, 0.25) is 0 Å². The molecule has 1 amide bonds. The molecule has 0 radical (unpaired) electrons. The van der Waals surface area contributed by atoms with Crippen LogP contribution in [0.25, 0.3) is 10.4 Å². The van der Waals surface area contributed by atoms with E-state index in [2.05, 4.69) is 22.3 Å². The van der Waals surface area contributed by atoms with E-state index in [4.69, 9.17) is 37.6 Å². The molecule has 0 spiro atoms. The minimum atomic E-state index is -4.89. The molecule has 2 aromatic rings. The van der Waals surface area contributed by atoms with Crippen molar-refractivity contribution in [3.63, 3.8) is 0 Å². The van der Waals surface area contributed by atoms with E-state index in [-0.39, 0.29) is 61.5 Å². The first-order valence-electron chi connectivity index (χ1n) is 19.9. The number of ether oxygens (including phenoxy) is 5. The van der Waals surface area contributed by atoms with Gasteiger partial charge in [-0.25, -0.2) is 0 Å². The second kappa shape index (κ2) is 20.2. The Hall–Kier alpha value is -3.79. The predicted molar refractivity (Wildman–Crippen MR) is 207 cm³/mol. The van der Waals surface area contributed by atoms with Gasteiger partial charge in [-0.15, -0.1) is 8.42 Å². The third-order valence-electron chi connectivity index (χ3n) is 12.0. The Morgan fingerprint density at radius 2 is 1.66 bits per heavy atom. The first-order chi connectivity index (χ1) is 28.3. The van der Waals surface area contributed by atoms with E-state index in [1.54, 1.807) is 12.1 Å². The Kier molecular flexibility index (Phi) is 15.3. The highest BCUT2D eigenvalue weighted by Gasteiger charge is 2.54. The minimum Gasteiger partial charge on any atom is -0.458 e. The van der Waals surface area contributed by atoms with Crippen LogP contribution in [0.3, 0.4) is 0 Å². The van der Waals surface area contributed by atoms with Gasteiger partial charge in [-0.1, -0.05) is 18.1 Å². The van der Waals surface area contributed by atoms with Crippen LogP contribution in [-0.4, -0.2) is 136 Å². The van der Waals surface area contributed by atoms with Crippen molar-refractivity contribution in [3.05, 3.63) is 63.5 Å². The van der Waals surface area contributed by atoms with Gasteiger partial charge >= 0.3 is 10.4 Å². The molecule has 1 heterocycles. The summed E-state index contributed by atoms with van der Waals surface area (Å²) in [5.74, 6) is -0.268. The van der Waals surface area contributed by atoms with E-state index in [0.717, 1.165) is 55.7 Å². The molecule has 3 aliphatic carbocycles. The number of carbonyl (C=O) groups is 1. The molecule has 3 fully saturated rings. The molecule has 0 bridgehead atoms. The Balaban J connectivity index is 1.09. The molecule has 6 rings (SSSR count). The van der Waals surface area contributed by atoms with E-state index in [9.17, 15) is 38.7 Å². The van der Waals surface area contributed by atoms with Crippen molar-refractivity contribution < 1.29 is 70.8 Å². The van der Waals surface area contributed by atoms with Crippen molar-refractivity contribution >= 4 is 16.3 Å². The minimum absolute atomic E-state index is 0.0189. The van der Waals surface area contributed by atoms with Crippen molar-refractivity contribution in [1.82, 2.24) is 5.32 Å². The number of nitrogens with one attached hydrogen (secondary N) is 1. The van der Waals surface area contributed by atoms with Crippen molar-refractivity contribution in [2.24, 2.45) is 22.4 Å². The van der Waals surface area contributed by atoms with Gasteiger partial charge in [0.05, 0.1) is 52.4 Å². The van der Waals surface area contributed by atoms with Crippen molar-refractivity contribution in [1.29, 1.82) is 0 Å². The number of hydrogen-bond acceptors (Lipinski definition) is 16. The van der Waals surface area contributed by atoms with E-state index >= 15 is 0 Å². The summed E-state index contributed by atoms with van der Waals surface area (Å²) in [6, 6.07) is 8.75. The lowest BCUT2D eigenvalue weighted by atomic mass is 9.55. The summed E-state index contributed by atoms with van der Waals surface area (Å²) in [6.45, 7) is 3.38. The van der Waals surface area contributed by atoms with Crippen LogP contribution in [0.5, 0.6) is 17.2 Å². The summed E-state index contributed by atoms with van der Waals surface area (Å²) < 4.78 is 65.1. The van der Waals surface area contributed by atoms with Crippen LogP contribution >= 0.6 is 0 Å². The SMILES string of the molecule is C[C@]12CC[C@@H]3c4ccc(OS(=O)(=O)Oc5cc(C(=O)NCCOCCOCCOCCN=[N+]=[N-])ccc5O[C@@H]5O[C@H](CO)[C@H](O)[C@H](O)[C@H]5O)cc4CC[C@H]3[C@@H]1CC[C@@H]2O. The zero-order valence-electron chi connectivity index (χ0n) is 32.8. The highest BCUT2D eigenvalue weighted by molar-refractivity contribution is 7.82. The number of rotatable bonds is 20. The van der Waals surface area contributed by atoms with E-state index < -0.39 is 59.4 Å². The lowest BCUT2D eigenvalue weighted by Gasteiger charge is -2.50. The summed E-state index contributed by atoms with van der Waals surface area (Å²) in [7, 11) is -4.89. The van der Waals surface area contributed by atoms with Gasteiger partial charge in [0, 0.05) is 23.6 Å². The molecule has 10 atom stereocenters. The number of aryl methyl sites for hydroxylation is 1. The molecule has 59 heavy (non-hydrogen) atoms. The molecule has 2 saturated carbocycles. The molecule has 0 unspecified atom stereocenters.